The van der Waals surface area contributed by atoms with E-state index in [2.05, 4.69) is 12.2 Å². The van der Waals surface area contributed by atoms with E-state index in [0.29, 0.717) is 18.8 Å². The van der Waals surface area contributed by atoms with Crippen molar-refractivity contribution in [2.75, 3.05) is 20.8 Å². The maximum atomic E-state index is 5.69. The van der Waals surface area contributed by atoms with Crippen molar-refractivity contribution in [2.24, 2.45) is 0 Å². The Labute approximate surface area is 74.4 Å². The van der Waals surface area contributed by atoms with Crippen molar-refractivity contribution in [3.05, 3.63) is 0 Å². The Morgan fingerprint density at radius 3 is 2.67 bits per heavy atom. The Balaban J connectivity index is 2.02. The highest BCUT2D eigenvalue weighted by molar-refractivity contribution is 4.85. The molecule has 0 aromatic carbocycles. The van der Waals surface area contributed by atoms with E-state index in [1.807, 2.05) is 7.05 Å². The minimum absolute atomic E-state index is 0.234. The lowest BCUT2D eigenvalue weighted by molar-refractivity contribution is -0.0791. The predicted molar refractivity (Wildman–Crippen MR) is 48.3 cm³/mol. The molecule has 0 saturated heterocycles. The van der Waals surface area contributed by atoms with Gasteiger partial charge in [0.05, 0.1) is 18.8 Å². The summed E-state index contributed by atoms with van der Waals surface area (Å²) in [6.07, 6.45) is 2.97. The maximum absolute atomic E-state index is 5.69. The molecule has 0 spiro atoms. The summed E-state index contributed by atoms with van der Waals surface area (Å²) in [5, 5.41) is 3.23. The molecule has 1 saturated carbocycles. The van der Waals surface area contributed by atoms with Crippen LogP contribution in [0.15, 0.2) is 0 Å². The summed E-state index contributed by atoms with van der Waals surface area (Å²) < 4.78 is 10.7. The monoisotopic (exact) mass is 173 g/mol. The molecular weight excluding hydrogens is 154 g/mol. The van der Waals surface area contributed by atoms with Crippen molar-refractivity contribution in [2.45, 2.75) is 38.0 Å². The highest BCUT2D eigenvalue weighted by atomic mass is 16.5. The molecule has 1 unspecified atom stereocenters. The summed E-state index contributed by atoms with van der Waals surface area (Å²) >= 11 is 0. The third-order valence-corrected chi connectivity index (χ3v) is 2.33. The zero-order chi connectivity index (χ0) is 8.97. The molecule has 1 atom stereocenters. The molecule has 0 aliphatic heterocycles. The van der Waals surface area contributed by atoms with E-state index in [1.165, 1.54) is 0 Å². The lowest BCUT2D eigenvalue weighted by Crippen LogP contribution is -2.45. The van der Waals surface area contributed by atoms with Gasteiger partial charge in [-0.15, -0.1) is 0 Å². The second-order valence-electron chi connectivity index (χ2n) is 3.48. The van der Waals surface area contributed by atoms with Crippen molar-refractivity contribution < 1.29 is 9.47 Å². The second-order valence-corrected chi connectivity index (χ2v) is 3.48. The van der Waals surface area contributed by atoms with Gasteiger partial charge in [0.15, 0.2) is 0 Å². The molecule has 72 valence electrons. The molecule has 0 bridgehead atoms. The summed E-state index contributed by atoms with van der Waals surface area (Å²) in [7, 11) is 3.70. The molecule has 3 heteroatoms. The largest absolute Gasteiger partial charge is 0.382 e. The Bertz CT molecular complexity index is 124. The number of methoxy groups -OCH3 is 1. The molecule has 0 aromatic heterocycles. The van der Waals surface area contributed by atoms with Gasteiger partial charge in [0.2, 0.25) is 0 Å². The minimum Gasteiger partial charge on any atom is -0.382 e. The van der Waals surface area contributed by atoms with Crippen LogP contribution in [-0.4, -0.2) is 39.0 Å². The lowest BCUT2D eigenvalue weighted by Gasteiger charge is -2.36. The Hall–Kier alpha value is -0.120. The molecule has 0 heterocycles. The fourth-order valence-corrected chi connectivity index (χ4v) is 1.51. The van der Waals surface area contributed by atoms with Crippen LogP contribution in [0, 0.1) is 0 Å². The minimum atomic E-state index is 0.234. The average molecular weight is 173 g/mol. The van der Waals surface area contributed by atoms with Crippen LogP contribution in [0.3, 0.4) is 0 Å². The summed E-state index contributed by atoms with van der Waals surface area (Å²) in [6, 6.07) is 0.671. The van der Waals surface area contributed by atoms with Gasteiger partial charge in [-0.25, -0.2) is 0 Å². The van der Waals surface area contributed by atoms with Crippen LogP contribution in [0.1, 0.15) is 19.8 Å². The van der Waals surface area contributed by atoms with Gasteiger partial charge in [-0.1, -0.05) is 0 Å². The Morgan fingerprint density at radius 2 is 2.17 bits per heavy atom. The molecule has 1 aliphatic rings. The Kier molecular flexibility index (Phi) is 3.98. The van der Waals surface area contributed by atoms with E-state index in [9.17, 15) is 0 Å². The van der Waals surface area contributed by atoms with E-state index in [1.54, 1.807) is 7.11 Å². The quantitative estimate of drug-likeness (QED) is 0.666. The molecule has 3 nitrogen and oxygen atoms in total. The van der Waals surface area contributed by atoms with Crippen LogP contribution in [0.25, 0.3) is 0 Å². The lowest BCUT2D eigenvalue weighted by atomic mass is 9.89. The van der Waals surface area contributed by atoms with E-state index >= 15 is 0 Å². The molecule has 12 heavy (non-hydrogen) atoms. The molecule has 0 radical (unpaired) electrons. The summed E-state index contributed by atoms with van der Waals surface area (Å²) in [5.41, 5.74) is 0. The zero-order valence-corrected chi connectivity index (χ0v) is 8.17. The smallest absolute Gasteiger partial charge is 0.0784 e. The van der Waals surface area contributed by atoms with Gasteiger partial charge in [0.1, 0.15) is 0 Å². The standard InChI is InChI=1S/C9H19NO2/c1-7(6-11-3)12-9-4-8(5-9)10-2/h7-10H,4-6H2,1-3H3. The number of nitrogens with one attached hydrogen (secondary N) is 1. The van der Waals surface area contributed by atoms with Crippen LogP contribution >= 0.6 is 0 Å². The third kappa shape index (κ3) is 2.73. The normalized spacial score (nSPS) is 31.2. The zero-order valence-electron chi connectivity index (χ0n) is 8.17. The fraction of sp³-hybridized carbons (Fsp3) is 1.00. The first kappa shape index (κ1) is 9.96. The van der Waals surface area contributed by atoms with E-state index in [-0.39, 0.29) is 6.10 Å². The van der Waals surface area contributed by atoms with Crippen LogP contribution < -0.4 is 5.32 Å². The first-order valence-electron chi connectivity index (χ1n) is 4.58. The van der Waals surface area contributed by atoms with Crippen LogP contribution in [0.2, 0.25) is 0 Å². The van der Waals surface area contributed by atoms with Crippen LogP contribution in [0.4, 0.5) is 0 Å². The SMILES string of the molecule is CNC1CC(OC(C)COC)C1. The van der Waals surface area contributed by atoms with E-state index in [4.69, 9.17) is 9.47 Å². The molecule has 1 rings (SSSR count). The van der Waals surface area contributed by atoms with E-state index < -0.39 is 0 Å². The third-order valence-electron chi connectivity index (χ3n) is 2.33. The number of ether oxygens (including phenoxy) is 2. The first-order valence-corrected chi connectivity index (χ1v) is 4.58. The van der Waals surface area contributed by atoms with Crippen LogP contribution in [-0.2, 0) is 9.47 Å². The van der Waals surface area contributed by atoms with Gasteiger partial charge in [-0.05, 0) is 26.8 Å². The van der Waals surface area contributed by atoms with Gasteiger partial charge < -0.3 is 14.8 Å². The molecule has 1 N–H and O–H groups in total. The van der Waals surface area contributed by atoms with Gasteiger partial charge in [0.25, 0.3) is 0 Å². The predicted octanol–water partition coefficient (Wildman–Crippen LogP) is 0.788. The average Bonchev–Trinajstić information content (AvgIpc) is 1.96. The summed E-state index contributed by atoms with van der Waals surface area (Å²) in [5.74, 6) is 0. The topological polar surface area (TPSA) is 30.5 Å². The molecule has 1 fully saturated rings. The summed E-state index contributed by atoms with van der Waals surface area (Å²) in [4.78, 5) is 0. The van der Waals surface area contributed by atoms with Gasteiger partial charge in [-0.2, -0.15) is 0 Å². The molecular formula is C9H19NO2. The second kappa shape index (κ2) is 4.80. The number of rotatable bonds is 5. The number of hydrogen-bond donors (Lipinski definition) is 1. The van der Waals surface area contributed by atoms with Crippen molar-refractivity contribution in [1.29, 1.82) is 0 Å². The van der Waals surface area contributed by atoms with Crippen molar-refractivity contribution in [3.63, 3.8) is 0 Å². The van der Waals surface area contributed by atoms with Gasteiger partial charge in [0, 0.05) is 13.2 Å². The molecule has 0 aromatic rings. The van der Waals surface area contributed by atoms with Gasteiger partial charge >= 0.3 is 0 Å². The van der Waals surface area contributed by atoms with Crippen molar-refractivity contribution in [1.82, 2.24) is 5.32 Å². The fourth-order valence-electron chi connectivity index (χ4n) is 1.51. The van der Waals surface area contributed by atoms with Crippen molar-refractivity contribution >= 4 is 0 Å². The maximum Gasteiger partial charge on any atom is 0.0784 e. The summed E-state index contributed by atoms with van der Waals surface area (Å²) in [6.45, 7) is 2.75. The van der Waals surface area contributed by atoms with Crippen molar-refractivity contribution in [3.8, 4) is 0 Å². The van der Waals surface area contributed by atoms with E-state index in [0.717, 1.165) is 12.8 Å². The highest BCUT2D eigenvalue weighted by Crippen LogP contribution is 2.23. The van der Waals surface area contributed by atoms with Crippen LogP contribution in [0.5, 0.6) is 0 Å². The number of hydrogen-bond acceptors (Lipinski definition) is 3. The molecule has 1 aliphatic carbocycles. The Morgan fingerprint density at radius 1 is 1.50 bits per heavy atom. The first-order chi connectivity index (χ1) is 5.76. The highest BCUT2D eigenvalue weighted by Gasteiger charge is 2.29. The molecule has 0 amide bonds. The van der Waals surface area contributed by atoms with Gasteiger partial charge in [-0.3, -0.25) is 0 Å².